The van der Waals surface area contributed by atoms with Gasteiger partial charge in [0.1, 0.15) is 0 Å². The lowest BCUT2D eigenvalue weighted by molar-refractivity contribution is -0.122. The van der Waals surface area contributed by atoms with Gasteiger partial charge in [0.05, 0.1) is 5.56 Å². The average Bonchev–Trinajstić information content (AvgIpc) is 2.54. The maximum atomic E-state index is 12.3. The van der Waals surface area contributed by atoms with Crippen molar-refractivity contribution in [1.82, 2.24) is 15.2 Å². The van der Waals surface area contributed by atoms with Gasteiger partial charge in [-0.2, -0.15) is 0 Å². The van der Waals surface area contributed by atoms with Gasteiger partial charge in [-0.3, -0.25) is 14.6 Å². The van der Waals surface area contributed by atoms with Gasteiger partial charge in [0, 0.05) is 37.9 Å². The number of nitrogens with one attached hydrogen (secondary N) is 1. The highest BCUT2D eigenvalue weighted by Crippen LogP contribution is 2.14. The summed E-state index contributed by atoms with van der Waals surface area (Å²) >= 11 is 0. The summed E-state index contributed by atoms with van der Waals surface area (Å²) in [5.74, 6) is 0.160. The molecule has 0 bridgehead atoms. The zero-order valence-corrected chi connectivity index (χ0v) is 12.5. The number of hydrogen-bond donors (Lipinski definition) is 1. The highest BCUT2D eigenvalue weighted by Gasteiger charge is 2.24. The first-order chi connectivity index (χ1) is 10.2. The molecule has 1 N–H and O–H groups in total. The summed E-state index contributed by atoms with van der Waals surface area (Å²) in [5.41, 5.74) is 0.628. The quantitative estimate of drug-likeness (QED) is 0.901. The van der Waals surface area contributed by atoms with E-state index in [1.54, 1.807) is 24.5 Å². The third-order valence-corrected chi connectivity index (χ3v) is 3.81. The zero-order chi connectivity index (χ0) is 15.1. The van der Waals surface area contributed by atoms with E-state index >= 15 is 0 Å². The third kappa shape index (κ3) is 4.55. The molecule has 1 fully saturated rings. The van der Waals surface area contributed by atoms with E-state index in [1.807, 2.05) is 4.90 Å². The van der Waals surface area contributed by atoms with Gasteiger partial charge in [-0.1, -0.05) is 13.3 Å². The molecular weight excluding hydrogens is 266 g/mol. The molecule has 1 aliphatic rings. The van der Waals surface area contributed by atoms with Gasteiger partial charge in [-0.25, -0.2) is 0 Å². The summed E-state index contributed by atoms with van der Waals surface area (Å²) in [6.07, 6.45) is 7.48. The number of amides is 2. The summed E-state index contributed by atoms with van der Waals surface area (Å²) in [6.45, 7) is 3.45. The second-order valence-corrected chi connectivity index (χ2v) is 5.48. The first-order valence-electron chi connectivity index (χ1n) is 7.69. The molecule has 0 saturated carbocycles. The van der Waals surface area contributed by atoms with Crippen LogP contribution in [0.3, 0.4) is 0 Å². The van der Waals surface area contributed by atoms with Gasteiger partial charge in [0.25, 0.3) is 5.91 Å². The number of aromatic nitrogens is 1. The Hall–Kier alpha value is -1.91. The molecule has 0 unspecified atom stereocenters. The monoisotopic (exact) mass is 289 g/mol. The molecule has 1 aliphatic heterocycles. The van der Waals surface area contributed by atoms with E-state index < -0.39 is 0 Å². The number of piperidine rings is 1. The molecule has 1 aromatic heterocycles. The summed E-state index contributed by atoms with van der Waals surface area (Å²) in [5, 5.41) is 3.06. The Morgan fingerprint density at radius 2 is 2.14 bits per heavy atom. The minimum absolute atomic E-state index is 0.0267. The van der Waals surface area contributed by atoms with E-state index in [-0.39, 0.29) is 17.9 Å². The summed E-state index contributed by atoms with van der Waals surface area (Å²) < 4.78 is 0. The van der Waals surface area contributed by atoms with Crippen molar-refractivity contribution in [3.05, 3.63) is 30.1 Å². The number of nitrogens with zero attached hydrogens (tertiary/aromatic N) is 2. The molecule has 0 radical (unpaired) electrons. The van der Waals surface area contributed by atoms with Gasteiger partial charge >= 0.3 is 0 Å². The molecule has 0 aromatic carbocycles. The zero-order valence-electron chi connectivity index (χ0n) is 12.5. The van der Waals surface area contributed by atoms with Crippen LogP contribution in [-0.4, -0.2) is 40.8 Å². The van der Waals surface area contributed by atoms with Crippen molar-refractivity contribution in [3.63, 3.8) is 0 Å². The molecule has 5 nitrogen and oxygen atoms in total. The Bertz CT molecular complexity index is 468. The Morgan fingerprint density at radius 1 is 1.38 bits per heavy atom. The van der Waals surface area contributed by atoms with Crippen LogP contribution in [0.5, 0.6) is 0 Å². The molecule has 1 aromatic rings. The van der Waals surface area contributed by atoms with E-state index in [1.165, 1.54) is 0 Å². The standard InChI is InChI=1S/C16H23N3O2/c1-2-3-6-15(20)18-14-7-10-19(11-8-14)16(21)13-5-4-9-17-12-13/h4-5,9,12,14H,2-3,6-8,10-11H2,1H3,(H,18,20). The van der Waals surface area contributed by atoms with Crippen molar-refractivity contribution in [1.29, 1.82) is 0 Å². The van der Waals surface area contributed by atoms with E-state index in [0.717, 1.165) is 25.7 Å². The fourth-order valence-electron chi connectivity index (χ4n) is 2.54. The number of unbranched alkanes of at least 4 members (excludes halogenated alkanes) is 1. The normalized spacial score (nSPS) is 15.8. The summed E-state index contributed by atoms with van der Waals surface area (Å²) in [7, 11) is 0. The number of pyridine rings is 1. The number of carbonyl (C=O) groups excluding carboxylic acids is 2. The first kappa shape index (κ1) is 15.5. The van der Waals surface area contributed by atoms with Crippen LogP contribution in [0, 0.1) is 0 Å². The highest BCUT2D eigenvalue weighted by atomic mass is 16.2. The molecule has 2 rings (SSSR count). The second-order valence-electron chi connectivity index (χ2n) is 5.48. The maximum Gasteiger partial charge on any atom is 0.255 e. The van der Waals surface area contributed by atoms with Crippen LogP contribution < -0.4 is 5.32 Å². The van der Waals surface area contributed by atoms with Crippen molar-refractivity contribution in [2.24, 2.45) is 0 Å². The maximum absolute atomic E-state index is 12.3. The number of likely N-dealkylation sites (tertiary alicyclic amines) is 1. The van der Waals surface area contributed by atoms with Gasteiger partial charge < -0.3 is 10.2 Å². The first-order valence-corrected chi connectivity index (χ1v) is 7.69. The van der Waals surface area contributed by atoms with Crippen LogP contribution in [0.25, 0.3) is 0 Å². The van der Waals surface area contributed by atoms with Gasteiger partial charge in [0.15, 0.2) is 0 Å². The lowest BCUT2D eigenvalue weighted by Gasteiger charge is -2.32. The van der Waals surface area contributed by atoms with Crippen molar-refractivity contribution < 1.29 is 9.59 Å². The van der Waals surface area contributed by atoms with E-state index in [9.17, 15) is 9.59 Å². The summed E-state index contributed by atoms with van der Waals surface area (Å²) in [6, 6.07) is 3.76. The Balaban J connectivity index is 1.78. The molecule has 0 aliphatic carbocycles. The molecule has 5 heteroatoms. The molecule has 0 atom stereocenters. The summed E-state index contributed by atoms with van der Waals surface area (Å²) in [4.78, 5) is 29.8. The highest BCUT2D eigenvalue weighted by molar-refractivity contribution is 5.93. The third-order valence-electron chi connectivity index (χ3n) is 3.81. The number of rotatable bonds is 5. The van der Waals surface area contributed by atoms with Gasteiger partial charge in [0.2, 0.25) is 5.91 Å². The molecular formula is C16H23N3O2. The smallest absolute Gasteiger partial charge is 0.255 e. The molecule has 114 valence electrons. The van der Waals surface area contributed by atoms with E-state index in [4.69, 9.17) is 0 Å². The van der Waals surface area contributed by atoms with Crippen LogP contribution in [0.2, 0.25) is 0 Å². The minimum atomic E-state index is 0.0267. The minimum Gasteiger partial charge on any atom is -0.353 e. The molecule has 2 amide bonds. The largest absolute Gasteiger partial charge is 0.353 e. The van der Waals surface area contributed by atoms with Crippen molar-refractivity contribution in [2.75, 3.05) is 13.1 Å². The SMILES string of the molecule is CCCCC(=O)NC1CCN(C(=O)c2cccnc2)CC1. The van der Waals surface area contributed by atoms with Crippen molar-refractivity contribution >= 4 is 11.8 Å². The lowest BCUT2D eigenvalue weighted by Crippen LogP contribution is -2.46. The fourth-order valence-corrected chi connectivity index (χ4v) is 2.54. The second kappa shape index (κ2) is 7.76. The van der Waals surface area contributed by atoms with Crippen molar-refractivity contribution in [2.45, 2.75) is 45.1 Å². The fraction of sp³-hybridized carbons (Fsp3) is 0.562. The van der Waals surface area contributed by atoms with Gasteiger partial charge in [-0.05, 0) is 31.4 Å². The van der Waals surface area contributed by atoms with Crippen LogP contribution in [0.4, 0.5) is 0 Å². The van der Waals surface area contributed by atoms with Gasteiger partial charge in [-0.15, -0.1) is 0 Å². The average molecular weight is 289 g/mol. The molecule has 2 heterocycles. The van der Waals surface area contributed by atoms with E-state index in [2.05, 4.69) is 17.2 Å². The van der Waals surface area contributed by atoms with Crippen molar-refractivity contribution in [3.8, 4) is 0 Å². The number of hydrogen-bond acceptors (Lipinski definition) is 3. The molecule has 1 saturated heterocycles. The lowest BCUT2D eigenvalue weighted by atomic mass is 10.0. The number of carbonyl (C=O) groups is 2. The van der Waals surface area contributed by atoms with Crippen LogP contribution >= 0.6 is 0 Å². The predicted molar refractivity (Wildman–Crippen MR) is 80.8 cm³/mol. The molecule has 21 heavy (non-hydrogen) atoms. The molecule has 0 spiro atoms. The Morgan fingerprint density at radius 3 is 2.76 bits per heavy atom. The van der Waals surface area contributed by atoms with Crippen LogP contribution in [-0.2, 0) is 4.79 Å². The van der Waals surface area contributed by atoms with Crippen LogP contribution in [0.1, 0.15) is 49.4 Å². The Kier molecular flexibility index (Phi) is 5.72. The topological polar surface area (TPSA) is 62.3 Å². The Labute approximate surface area is 125 Å². The van der Waals surface area contributed by atoms with Crippen LogP contribution in [0.15, 0.2) is 24.5 Å². The predicted octanol–water partition coefficient (Wildman–Crippen LogP) is 1.99. The van der Waals surface area contributed by atoms with E-state index in [0.29, 0.717) is 25.1 Å².